The maximum absolute atomic E-state index is 13.4. The van der Waals surface area contributed by atoms with Gasteiger partial charge in [-0.15, -0.1) is 0 Å². The fourth-order valence-corrected chi connectivity index (χ4v) is 5.63. The first kappa shape index (κ1) is 22.8. The molecule has 35 heavy (non-hydrogen) atoms. The number of amides is 1. The smallest absolute Gasteiger partial charge is 0.301 e. The second-order valence-electron chi connectivity index (χ2n) is 8.73. The molecule has 0 aliphatic carbocycles. The Morgan fingerprint density at radius 2 is 1.66 bits per heavy atom. The molecule has 5 rings (SSSR count). The van der Waals surface area contributed by atoms with Crippen molar-refractivity contribution < 1.29 is 19.4 Å². The predicted molar refractivity (Wildman–Crippen MR) is 138 cm³/mol. The molecule has 1 N–H and O–H groups in total. The highest BCUT2D eigenvalue weighted by Crippen LogP contribution is 2.45. The van der Waals surface area contributed by atoms with E-state index in [9.17, 15) is 14.7 Å². The molecule has 1 atom stereocenters. The molecule has 0 radical (unpaired) electrons. The lowest BCUT2D eigenvalue weighted by atomic mass is 9.95. The Morgan fingerprint density at radius 1 is 0.971 bits per heavy atom. The number of carbonyl (C=O) groups excluding carboxylic acids is 2. The quantitative estimate of drug-likeness (QED) is 0.223. The second kappa shape index (κ2) is 8.67. The number of aryl methyl sites for hydroxylation is 3. The average molecular weight is 485 g/mol. The van der Waals surface area contributed by atoms with Crippen LogP contribution in [0.5, 0.6) is 5.75 Å². The Labute approximate surface area is 207 Å². The SMILES string of the molecule is COc1ccc(C2C(=C(O)c3ccc(C)cc3)C(=O)C(=O)N2c2nc3c(C)cc(C)cc3s2)cc1. The molecule has 2 heterocycles. The largest absolute Gasteiger partial charge is 0.507 e. The number of benzene rings is 3. The van der Waals surface area contributed by atoms with Gasteiger partial charge in [0.25, 0.3) is 5.78 Å². The standard InChI is InChI=1S/C28H24N2O4S/c1-15-5-7-19(8-6-15)25(31)22-24(18-9-11-20(34-4)12-10-18)30(27(33)26(22)32)28-29-23-17(3)13-16(2)14-21(23)35-28/h5-14,24,31H,1-4H3. The van der Waals surface area contributed by atoms with E-state index in [2.05, 4.69) is 0 Å². The topological polar surface area (TPSA) is 79.7 Å². The van der Waals surface area contributed by atoms with Crippen LogP contribution in [0.25, 0.3) is 16.0 Å². The number of rotatable bonds is 4. The van der Waals surface area contributed by atoms with Crippen LogP contribution in [0.15, 0.2) is 66.2 Å². The number of carbonyl (C=O) groups is 2. The van der Waals surface area contributed by atoms with E-state index in [1.807, 2.05) is 45.0 Å². The van der Waals surface area contributed by atoms with Crippen LogP contribution in [0, 0.1) is 20.8 Å². The number of thiazole rings is 1. The molecule has 4 aromatic rings. The second-order valence-corrected chi connectivity index (χ2v) is 9.74. The summed E-state index contributed by atoms with van der Waals surface area (Å²) in [5, 5.41) is 11.7. The van der Waals surface area contributed by atoms with Crippen molar-refractivity contribution in [2.45, 2.75) is 26.8 Å². The minimum Gasteiger partial charge on any atom is -0.507 e. The molecule has 1 aliphatic rings. The van der Waals surface area contributed by atoms with Crippen LogP contribution in [-0.2, 0) is 9.59 Å². The monoisotopic (exact) mass is 484 g/mol. The summed E-state index contributed by atoms with van der Waals surface area (Å²) in [6.45, 7) is 5.93. The summed E-state index contributed by atoms with van der Waals surface area (Å²) in [5.74, 6) is -1.01. The van der Waals surface area contributed by atoms with E-state index >= 15 is 0 Å². The van der Waals surface area contributed by atoms with Crippen molar-refractivity contribution >= 4 is 44.1 Å². The summed E-state index contributed by atoms with van der Waals surface area (Å²) in [7, 11) is 1.57. The highest BCUT2D eigenvalue weighted by Gasteiger charge is 2.48. The number of aliphatic hydroxyl groups excluding tert-OH is 1. The number of hydrogen-bond acceptors (Lipinski definition) is 6. The molecule has 1 amide bonds. The number of ketones is 1. The fourth-order valence-electron chi connectivity index (χ4n) is 4.46. The zero-order chi connectivity index (χ0) is 24.9. The summed E-state index contributed by atoms with van der Waals surface area (Å²) < 4.78 is 6.22. The van der Waals surface area contributed by atoms with Gasteiger partial charge in [0.15, 0.2) is 5.13 Å². The van der Waals surface area contributed by atoms with Crippen LogP contribution >= 0.6 is 11.3 Å². The van der Waals surface area contributed by atoms with E-state index in [0.717, 1.165) is 26.9 Å². The maximum atomic E-state index is 13.4. The normalized spacial score (nSPS) is 17.4. The van der Waals surface area contributed by atoms with Gasteiger partial charge in [0, 0.05) is 5.56 Å². The third-order valence-corrected chi connectivity index (χ3v) is 7.23. The minimum atomic E-state index is -0.829. The molecule has 6 nitrogen and oxygen atoms in total. The lowest BCUT2D eigenvalue weighted by Crippen LogP contribution is -2.29. The van der Waals surface area contributed by atoms with E-state index in [-0.39, 0.29) is 11.3 Å². The summed E-state index contributed by atoms with van der Waals surface area (Å²) in [6, 6.07) is 17.6. The molecule has 1 aromatic heterocycles. The molecule has 0 spiro atoms. The van der Waals surface area contributed by atoms with E-state index in [0.29, 0.717) is 22.0 Å². The Kier molecular flexibility index (Phi) is 5.65. The first-order chi connectivity index (χ1) is 16.8. The summed E-state index contributed by atoms with van der Waals surface area (Å²) in [4.78, 5) is 32.9. The van der Waals surface area contributed by atoms with Crippen molar-refractivity contribution in [2.75, 3.05) is 12.0 Å². The fraction of sp³-hybridized carbons (Fsp3) is 0.179. The lowest BCUT2D eigenvalue weighted by Gasteiger charge is -2.23. The highest BCUT2D eigenvalue weighted by molar-refractivity contribution is 7.22. The highest BCUT2D eigenvalue weighted by atomic mass is 32.1. The van der Waals surface area contributed by atoms with Gasteiger partial charge >= 0.3 is 5.91 Å². The first-order valence-corrected chi connectivity index (χ1v) is 12.0. The number of nitrogens with zero attached hydrogens (tertiary/aromatic N) is 2. The number of Topliss-reactive ketones (excluding diaryl/α,β-unsaturated/α-hetero) is 1. The van der Waals surface area contributed by atoms with Gasteiger partial charge in [0.05, 0.1) is 28.9 Å². The van der Waals surface area contributed by atoms with Gasteiger partial charge in [-0.1, -0.05) is 59.4 Å². The molecule has 7 heteroatoms. The number of hydrogen-bond donors (Lipinski definition) is 1. The van der Waals surface area contributed by atoms with Crippen molar-refractivity contribution in [3.63, 3.8) is 0 Å². The molecular formula is C28H24N2O4S. The zero-order valence-electron chi connectivity index (χ0n) is 19.8. The summed E-state index contributed by atoms with van der Waals surface area (Å²) in [5.41, 5.74) is 5.10. The Hall–Kier alpha value is -3.97. The van der Waals surface area contributed by atoms with Gasteiger partial charge in [-0.05, 0) is 55.7 Å². The van der Waals surface area contributed by atoms with E-state index in [1.165, 1.54) is 16.2 Å². The molecule has 0 bridgehead atoms. The maximum Gasteiger partial charge on any atom is 0.301 e. The molecule has 0 saturated carbocycles. The third-order valence-electron chi connectivity index (χ3n) is 6.23. The molecule has 1 saturated heterocycles. The number of anilines is 1. The van der Waals surface area contributed by atoms with Crippen LogP contribution in [0.1, 0.15) is 33.9 Å². The van der Waals surface area contributed by atoms with Crippen molar-refractivity contribution in [2.24, 2.45) is 0 Å². The van der Waals surface area contributed by atoms with Crippen LogP contribution in [0.3, 0.4) is 0 Å². The van der Waals surface area contributed by atoms with E-state index in [1.54, 1.807) is 43.5 Å². The van der Waals surface area contributed by atoms with Crippen LogP contribution in [0.2, 0.25) is 0 Å². The molecular weight excluding hydrogens is 460 g/mol. The van der Waals surface area contributed by atoms with Gasteiger partial charge < -0.3 is 9.84 Å². The Balaban J connectivity index is 1.73. The van der Waals surface area contributed by atoms with Gasteiger partial charge in [0.1, 0.15) is 11.5 Å². The van der Waals surface area contributed by atoms with Gasteiger partial charge in [-0.2, -0.15) is 0 Å². The van der Waals surface area contributed by atoms with Crippen LogP contribution in [0.4, 0.5) is 5.13 Å². The van der Waals surface area contributed by atoms with Gasteiger partial charge in [0.2, 0.25) is 0 Å². The minimum absolute atomic E-state index is 0.0381. The van der Waals surface area contributed by atoms with Gasteiger partial charge in [-0.3, -0.25) is 14.5 Å². The number of methoxy groups -OCH3 is 1. The molecule has 176 valence electrons. The average Bonchev–Trinajstić information content (AvgIpc) is 3.38. The molecule has 1 unspecified atom stereocenters. The number of fused-ring (bicyclic) bond motifs is 1. The predicted octanol–water partition coefficient (Wildman–Crippen LogP) is 5.86. The Morgan fingerprint density at radius 3 is 2.31 bits per heavy atom. The van der Waals surface area contributed by atoms with Crippen molar-refractivity contribution in [3.05, 3.63) is 94.1 Å². The molecule has 1 fully saturated rings. The van der Waals surface area contributed by atoms with Crippen LogP contribution < -0.4 is 9.64 Å². The number of ether oxygens (including phenoxy) is 1. The first-order valence-electron chi connectivity index (χ1n) is 11.2. The Bertz CT molecular complexity index is 1500. The van der Waals surface area contributed by atoms with Crippen LogP contribution in [-0.4, -0.2) is 28.9 Å². The van der Waals surface area contributed by atoms with Gasteiger partial charge in [-0.25, -0.2) is 4.98 Å². The van der Waals surface area contributed by atoms with Crippen molar-refractivity contribution in [1.82, 2.24) is 4.98 Å². The van der Waals surface area contributed by atoms with Crippen molar-refractivity contribution in [1.29, 1.82) is 0 Å². The van der Waals surface area contributed by atoms with E-state index < -0.39 is 17.7 Å². The van der Waals surface area contributed by atoms with E-state index in [4.69, 9.17) is 9.72 Å². The molecule has 1 aliphatic heterocycles. The number of aromatic nitrogens is 1. The summed E-state index contributed by atoms with van der Waals surface area (Å²) in [6.07, 6.45) is 0. The van der Waals surface area contributed by atoms with Crippen molar-refractivity contribution in [3.8, 4) is 5.75 Å². The zero-order valence-corrected chi connectivity index (χ0v) is 20.6. The lowest BCUT2D eigenvalue weighted by molar-refractivity contribution is -0.132. The molecule has 3 aromatic carbocycles. The third kappa shape index (κ3) is 3.88. The summed E-state index contributed by atoms with van der Waals surface area (Å²) >= 11 is 1.36. The number of aliphatic hydroxyl groups is 1.